The van der Waals surface area contributed by atoms with E-state index in [1.807, 2.05) is 0 Å². The molecule has 0 aliphatic carbocycles. The summed E-state index contributed by atoms with van der Waals surface area (Å²) in [6.07, 6.45) is 3.27. The first-order chi connectivity index (χ1) is 7.19. The van der Waals surface area contributed by atoms with E-state index in [4.69, 9.17) is 10.5 Å². The Morgan fingerprint density at radius 2 is 1.80 bits per heavy atom. The molecule has 0 fully saturated rings. The average Bonchev–Trinajstić information content (AvgIpc) is 2.23. The van der Waals surface area contributed by atoms with Gasteiger partial charge in [0, 0.05) is 0 Å². The predicted octanol–water partition coefficient (Wildman–Crippen LogP) is 2.59. The van der Waals surface area contributed by atoms with Gasteiger partial charge in [0.1, 0.15) is 5.75 Å². The molecular formula is C13H21NO. The summed E-state index contributed by atoms with van der Waals surface area (Å²) < 4.78 is 5.38. The second kappa shape index (κ2) is 5.76. The van der Waals surface area contributed by atoms with Crippen molar-refractivity contribution in [3.05, 3.63) is 28.8 Å². The largest absolute Gasteiger partial charge is 0.496 e. The van der Waals surface area contributed by atoms with E-state index >= 15 is 0 Å². The number of nitrogens with two attached hydrogens (primary N) is 1. The van der Waals surface area contributed by atoms with Gasteiger partial charge in [0.05, 0.1) is 7.11 Å². The van der Waals surface area contributed by atoms with Gasteiger partial charge in [-0.1, -0.05) is 6.07 Å². The van der Waals surface area contributed by atoms with Crippen LogP contribution in [0.15, 0.2) is 12.1 Å². The van der Waals surface area contributed by atoms with Crippen LogP contribution in [0.2, 0.25) is 0 Å². The molecule has 15 heavy (non-hydrogen) atoms. The van der Waals surface area contributed by atoms with Crippen LogP contribution in [0, 0.1) is 13.8 Å². The molecule has 0 spiro atoms. The first-order valence-corrected chi connectivity index (χ1v) is 5.53. The van der Waals surface area contributed by atoms with E-state index in [-0.39, 0.29) is 0 Å². The molecule has 1 rings (SSSR count). The average molecular weight is 207 g/mol. The van der Waals surface area contributed by atoms with Gasteiger partial charge in [0.25, 0.3) is 0 Å². The van der Waals surface area contributed by atoms with Gasteiger partial charge in [-0.15, -0.1) is 0 Å². The molecule has 0 bridgehead atoms. The van der Waals surface area contributed by atoms with Gasteiger partial charge in [-0.05, 0) is 62.4 Å². The molecular weight excluding hydrogens is 186 g/mol. The molecule has 0 aliphatic rings. The molecule has 0 amide bonds. The molecule has 0 saturated heterocycles. The molecule has 2 N–H and O–H groups in total. The highest BCUT2D eigenvalue weighted by molar-refractivity contribution is 5.41. The van der Waals surface area contributed by atoms with Crippen LogP contribution in [0.4, 0.5) is 0 Å². The van der Waals surface area contributed by atoms with Crippen molar-refractivity contribution < 1.29 is 4.74 Å². The summed E-state index contributed by atoms with van der Waals surface area (Å²) in [4.78, 5) is 0. The molecule has 0 saturated carbocycles. The summed E-state index contributed by atoms with van der Waals surface area (Å²) in [7, 11) is 1.73. The second-order valence-corrected chi connectivity index (χ2v) is 3.99. The molecule has 0 aromatic heterocycles. The molecule has 2 nitrogen and oxygen atoms in total. The summed E-state index contributed by atoms with van der Waals surface area (Å²) >= 11 is 0. The van der Waals surface area contributed by atoms with Crippen molar-refractivity contribution in [3.8, 4) is 5.75 Å². The quantitative estimate of drug-likeness (QED) is 0.753. The minimum atomic E-state index is 0.771. The zero-order valence-corrected chi connectivity index (χ0v) is 9.97. The molecule has 0 atom stereocenters. The molecule has 0 aliphatic heterocycles. The van der Waals surface area contributed by atoms with Gasteiger partial charge < -0.3 is 10.5 Å². The van der Waals surface area contributed by atoms with E-state index in [0.717, 1.165) is 31.6 Å². The second-order valence-electron chi connectivity index (χ2n) is 3.99. The lowest BCUT2D eigenvalue weighted by atomic mass is 10.0. The Balaban J connectivity index is 2.80. The Morgan fingerprint density at radius 1 is 1.13 bits per heavy atom. The van der Waals surface area contributed by atoms with Crippen molar-refractivity contribution in [2.45, 2.75) is 33.1 Å². The number of hydrogen-bond acceptors (Lipinski definition) is 2. The smallest absolute Gasteiger partial charge is 0.122 e. The van der Waals surface area contributed by atoms with Gasteiger partial charge >= 0.3 is 0 Å². The van der Waals surface area contributed by atoms with Gasteiger partial charge in [0.15, 0.2) is 0 Å². The molecule has 84 valence electrons. The monoisotopic (exact) mass is 207 g/mol. The Hall–Kier alpha value is -1.02. The van der Waals surface area contributed by atoms with Crippen LogP contribution < -0.4 is 10.5 Å². The van der Waals surface area contributed by atoms with Gasteiger partial charge in [0.2, 0.25) is 0 Å². The highest BCUT2D eigenvalue weighted by Crippen LogP contribution is 2.24. The minimum Gasteiger partial charge on any atom is -0.496 e. The summed E-state index contributed by atoms with van der Waals surface area (Å²) in [6, 6.07) is 4.35. The lowest BCUT2D eigenvalue weighted by Gasteiger charge is -2.11. The highest BCUT2D eigenvalue weighted by Gasteiger charge is 2.05. The maximum absolute atomic E-state index is 5.49. The Labute approximate surface area is 92.4 Å². The van der Waals surface area contributed by atoms with Crippen molar-refractivity contribution in [2.24, 2.45) is 5.73 Å². The third-order valence-corrected chi connectivity index (χ3v) is 2.80. The third kappa shape index (κ3) is 3.24. The van der Waals surface area contributed by atoms with Gasteiger partial charge in [-0.25, -0.2) is 0 Å². The summed E-state index contributed by atoms with van der Waals surface area (Å²) in [5, 5.41) is 0. The summed E-state index contributed by atoms with van der Waals surface area (Å²) in [6.45, 7) is 5.02. The van der Waals surface area contributed by atoms with Gasteiger partial charge in [-0.2, -0.15) is 0 Å². The van der Waals surface area contributed by atoms with Crippen LogP contribution in [-0.4, -0.2) is 13.7 Å². The van der Waals surface area contributed by atoms with Crippen molar-refractivity contribution in [1.82, 2.24) is 0 Å². The molecule has 0 unspecified atom stereocenters. The maximum atomic E-state index is 5.49. The van der Waals surface area contributed by atoms with E-state index in [2.05, 4.69) is 26.0 Å². The molecule has 2 heteroatoms. The Morgan fingerprint density at radius 3 is 2.40 bits per heavy atom. The van der Waals surface area contributed by atoms with E-state index in [9.17, 15) is 0 Å². The SMILES string of the molecule is COc1cc(C)c(C)cc1CCCCN. The van der Waals surface area contributed by atoms with Crippen LogP contribution >= 0.6 is 0 Å². The third-order valence-electron chi connectivity index (χ3n) is 2.80. The van der Waals surface area contributed by atoms with E-state index in [1.165, 1.54) is 16.7 Å². The van der Waals surface area contributed by atoms with Gasteiger partial charge in [-0.3, -0.25) is 0 Å². The zero-order chi connectivity index (χ0) is 11.3. The number of hydrogen-bond donors (Lipinski definition) is 1. The summed E-state index contributed by atoms with van der Waals surface area (Å²) in [5.74, 6) is 1.01. The number of methoxy groups -OCH3 is 1. The number of ether oxygens (including phenoxy) is 1. The van der Waals surface area contributed by atoms with Crippen LogP contribution in [0.5, 0.6) is 5.75 Å². The standard InChI is InChI=1S/C13H21NO/c1-10-8-12(6-4-5-7-14)13(15-3)9-11(10)2/h8-9H,4-7,14H2,1-3H3. The first-order valence-electron chi connectivity index (χ1n) is 5.53. The zero-order valence-electron chi connectivity index (χ0n) is 9.97. The Kier molecular flexibility index (Phi) is 4.63. The van der Waals surface area contributed by atoms with Crippen molar-refractivity contribution in [2.75, 3.05) is 13.7 Å². The normalized spacial score (nSPS) is 10.4. The van der Waals surface area contributed by atoms with E-state index in [0.29, 0.717) is 0 Å². The lowest BCUT2D eigenvalue weighted by molar-refractivity contribution is 0.408. The maximum Gasteiger partial charge on any atom is 0.122 e. The molecule has 1 aromatic rings. The molecule has 1 aromatic carbocycles. The summed E-state index contributed by atoms with van der Waals surface area (Å²) in [5.41, 5.74) is 9.40. The fourth-order valence-electron chi connectivity index (χ4n) is 1.69. The highest BCUT2D eigenvalue weighted by atomic mass is 16.5. The molecule has 0 radical (unpaired) electrons. The van der Waals surface area contributed by atoms with Crippen molar-refractivity contribution >= 4 is 0 Å². The van der Waals surface area contributed by atoms with Crippen LogP contribution in [0.1, 0.15) is 29.5 Å². The topological polar surface area (TPSA) is 35.2 Å². The van der Waals surface area contributed by atoms with Crippen LogP contribution in [0.25, 0.3) is 0 Å². The fraction of sp³-hybridized carbons (Fsp3) is 0.538. The van der Waals surface area contributed by atoms with Crippen LogP contribution in [-0.2, 0) is 6.42 Å². The lowest BCUT2D eigenvalue weighted by Crippen LogP contribution is -2.00. The number of rotatable bonds is 5. The van der Waals surface area contributed by atoms with E-state index < -0.39 is 0 Å². The number of unbranched alkanes of at least 4 members (excludes halogenated alkanes) is 1. The van der Waals surface area contributed by atoms with Crippen molar-refractivity contribution in [1.29, 1.82) is 0 Å². The molecule has 0 heterocycles. The Bertz CT molecular complexity index is 321. The first kappa shape index (κ1) is 12.1. The van der Waals surface area contributed by atoms with Crippen LogP contribution in [0.3, 0.4) is 0 Å². The number of aryl methyl sites for hydroxylation is 3. The minimum absolute atomic E-state index is 0.771. The van der Waals surface area contributed by atoms with E-state index in [1.54, 1.807) is 7.11 Å². The fourth-order valence-corrected chi connectivity index (χ4v) is 1.69. The number of benzene rings is 1. The predicted molar refractivity (Wildman–Crippen MR) is 64.5 cm³/mol. The van der Waals surface area contributed by atoms with Crippen molar-refractivity contribution in [3.63, 3.8) is 0 Å².